The molecule has 6 aliphatic heterocycles. The summed E-state index contributed by atoms with van der Waals surface area (Å²) in [5.41, 5.74) is 7.56. The summed E-state index contributed by atoms with van der Waals surface area (Å²) < 4.78 is 35.3. The Morgan fingerprint density at radius 1 is 0.962 bits per heavy atom. The van der Waals surface area contributed by atoms with Crippen LogP contribution >= 0.6 is 0 Å². The lowest BCUT2D eigenvalue weighted by molar-refractivity contribution is -0.296. The Labute approximate surface area is 314 Å². The lowest BCUT2D eigenvalue weighted by Crippen LogP contribution is -2.70. The van der Waals surface area contributed by atoms with Crippen LogP contribution in [0.1, 0.15) is 125 Å². The zero-order valence-corrected chi connectivity index (χ0v) is 33.3. The quantitative estimate of drug-likeness (QED) is 0.198. The van der Waals surface area contributed by atoms with Gasteiger partial charge >= 0.3 is 0 Å². The Balaban J connectivity index is 0.000000356. The zero-order chi connectivity index (χ0) is 38.3. The van der Waals surface area contributed by atoms with Crippen molar-refractivity contribution < 1.29 is 43.4 Å². The summed E-state index contributed by atoms with van der Waals surface area (Å²) in [5, 5.41) is 24.7. The Morgan fingerprint density at radius 2 is 1.71 bits per heavy atom. The molecule has 0 aromatic rings. The molecule has 5 N–H and O–H groups in total. The molecule has 52 heavy (non-hydrogen) atoms. The van der Waals surface area contributed by atoms with Crippen molar-refractivity contribution in [3.63, 3.8) is 0 Å². The van der Waals surface area contributed by atoms with Gasteiger partial charge in [0.15, 0.2) is 5.72 Å². The zero-order valence-electron chi connectivity index (χ0n) is 33.3. The molecule has 0 spiro atoms. The minimum absolute atomic E-state index is 0.0685. The highest BCUT2D eigenvalue weighted by molar-refractivity contribution is 5.79. The lowest BCUT2D eigenvalue weighted by atomic mass is 9.83. The fourth-order valence-corrected chi connectivity index (χ4v) is 7.96. The van der Waals surface area contributed by atoms with Crippen molar-refractivity contribution in [2.45, 2.75) is 191 Å². The van der Waals surface area contributed by atoms with Crippen LogP contribution in [0.4, 0.5) is 0 Å². The number of rotatable bonds is 11. The highest BCUT2D eigenvalue weighted by Crippen LogP contribution is 2.41. The van der Waals surface area contributed by atoms with Crippen LogP contribution in [-0.4, -0.2) is 116 Å². The van der Waals surface area contributed by atoms with Crippen LogP contribution in [0.5, 0.6) is 0 Å². The van der Waals surface area contributed by atoms with Crippen LogP contribution in [-0.2, 0) is 33.2 Å². The number of carbonyl (C=O) groups excluding carboxylic acids is 1. The summed E-state index contributed by atoms with van der Waals surface area (Å²) in [6.45, 7) is 21.5. The van der Waals surface area contributed by atoms with E-state index in [-0.39, 0.29) is 30.5 Å². The average Bonchev–Trinajstić information content (AvgIpc) is 3.89. The summed E-state index contributed by atoms with van der Waals surface area (Å²) in [4.78, 5) is 12.5. The number of aliphatic hydroxyl groups excluding tert-OH is 2. The number of nitrogens with two attached hydrogens (primary N) is 1. The van der Waals surface area contributed by atoms with Crippen LogP contribution in [0.3, 0.4) is 0 Å². The summed E-state index contributed by atoms with van der Waals surface area (Å²) in [5.74, 6) is 0.444. The first-order valence-corrected chi connectivity index (χ1v) is 20.4. The molecule has 0 aromatic heterocycles. The van der Waals surface area contributed by atoms with Crippen LogP contribution < -0.4 is 11.1 Å². The fraction of sp³-hybridized carbons (Fsp3) is 0.878. The molecule has 8 unspecified atom stereocenters. The van der Waals surface area contributed by atoms with Crippen molar-refractivity contribution in [2.24, 2.45) is 11.7 Å². The second-order valence-electron chi connectivity index (χ2n) is 15.4. The Bertz CT molecular complexity index is 1070. The summed E-state index contributed by atoms with van der Waals surface area (Å²) in [7, 11) is 1.96. The molecular weight excluding hydrogens is 664 g/mol. The predicted molar refractivity (Wildman–Crippen MR) is 204 cm³/mol. The molecule has 0 aliphatic carbocycles. The normalized spacial score (nSPS) is 38.6. The van der Waals surface area contributed by atoms with Gasteiger partial charge in [-0.2, -0.15) is 0 Å². The minimum Gasteiger partial charge on any atom is -0.390 e. The van der Waals surface area contributed by atoms with E-state index in [0.29, 0.717) is 63.4 Å². The van der Waals surface area contributed by atoms with E-state index < -0.39 is 36.2 Å². The number of hydrogen-bond acceptors (Lipinski definition) is 11. The van der Waals surface area contributed by atoms with Crippen molar-refractivity contribution in [1.82, 2.24) is 5.32 Å². The van der Waals surface area contributed by atoms with Gasteiger partial charge < -0.3 is 44.0 Å². The number of hydrogen-bond donors (Lipinski definition) is 4. The van der Waals surface area contributed by atoms with Gasteiger partial charge in [-0.15, -0.1) is 0 Å². The third kappa shape index (κ3) is 13.5. The SMILES string of the molecule is C=C1CC[C@H](CC)O[C@@H]1C.C=C1COC(CCC2CC(O)C([C@H]3CC(O)[C@@]4(N)OC(CC(=O)CC5CCOC5)CCC4O3)O2)C1.CC.CCCNC. The first-order valence-electron chi connectivity index (χ1n) is 20.4. The van der Waals surface area contributed by atoms with Crippen molar-refractivity contribution >= 4 is 5.78 Å². The molecule has 302 valence electrons. The number of fused-ring (bicyclic) bond motifs is 1. The van der Waals surface area contributed by atoms with Gasteiger partial charge in [0.25, 0.3) is 0 Å². The molecule has 6 saturated heterocycles. The van der Waals surface area contributed by atoms with E-state index in [1.807, 2.05) is 20.9 Å². The van der Waals surface area contributed by atoms with Gasteiger partial charge in [-0.25, -0.2) is 0 Å². The maximum atomic E-state index is 12.5. The van der Waals surface area contributed by atoms with E-state index in [2.05, 4.69) is 39.2 Å². The number of nitrogens with one attached hydrogen (secondary N) is 1. The van der Waals surface area contributed by atoms with E-state index in [1.54, 1.807) is 0 Å². The molecule has 0 bridgehead atoms. The molecule has 0 radical (unpaired) electrons. The molecule has 6 fully saturated rings. The van der Waals surface area contributed by atoms with E-state index in [9.17, 15) is 15.0 Å². The maximum Gasteiger partial charge on any atom is 0.169 e. The highest BCUT2D eigenvalue weighted by Gasteiger charge is 2.56. The molecule has 6 aliphatic rings. The molecule has 12 atom stereocenters. The molecule has 11 nitrogen and oxygen atoms in total. The second-order valence-corrected chi connectivity index (χ2v) is 15.4. The van der Waals surface area contributed by atoms with Gasteiger partial charge in [0.1, 0.15) is 24.1 Å². The summed E-state index contributed by atoms with van der Waals surface area (Å²) in [6, 6.07) is 0. The molecule has 0 saturated carbocycles. The molecule has 6 heterocycles. The van der Waals surface area contributed by atoms with Gasteiger partial charge in [0, 0.05) is 38.9 Å². The molecule has 11 heteroatoms. The van der Waals surface area contributed by atoms with E-state index in [4.69, 9.17) is 34.2 Å². The third-order valence-corrected chi connectivity index (χ3v) is 11.1. The third-order valence-electron chi connectivity index (χ3n) is 11.1. The Hall–Kier alpha value is -1.25. The minimum atomic E-state index is -1.36. The van der Waals surface area contributed by atoms with Gasteiger partial charge in [0.2, 0.25) is 0 Å². The van der Waals surface area contributed by atoms with Crippen LogP contribution in [0.25, 0.3) is 0 Å². The number of carbonyl (C=O) groups is 1. The Morgan fingerprint density at radius 3 is 2.31 bits per heavy atom. The number of ketones is 1. The predicted octanol–water partition coefficient (Wildman–Crippen LogP) is 5.53. The van der Waals surface area contributed by atoms with Crippen molar-refractivity contribution in [2.75, 3.05) is 33.4 Å². The van der Waals surface area contributed by atoms with E-state index in [0.717, 1.165) is 57.2 Å². The van der Waals surface area contributed by atoms with Gasteiger partial charge in [-0.05, 0) is 102 Å². The Kier molecular flexibility index (Phi) is 19.9. The smallest absolute Gasteiger partial charge is 0.169 e. The second kappa shape index (κ2) is 23.0. The number of Topliss-reactive ketones (excluding diaryl/α,β-unsaturated/α-hetero) is 1. The molecule has 0 aromatic carbocycles. The van der Waals surface area contributed by atoms with Crippen LogP contribution in [0.2, 0.25) is 0 Å². The monoisotopic (exact) mass is 739 g/mol. The van der Waals surface area contributed by atoms with Gasteiger partial charge in [-0.1, -0.05) is 40.9 Å². The van der Waals surface area contributed by atoms with Crippen LogP contribution in [0.15, 0.2) is 24.3 Å². The topological polar surface area (TPSA) is 151 Å². The van der Waals surface area contributed by atoms with E-state index in [1.165, 1.54) is 18.4 Å². The van der Waals surface area contributed by atoms with Gasteiger partial charge in [-0.3, -0.25) is 10.5 Å². The average molecular weight is 739 g/mol. The molecule has 0 amide bonds. The number of ether oxygens (including phenoxy) is 6. The van der Waals surface area contributed by atoms with Crippen molar-refractivity contribution in [3.8, 4) is 0 Å². The summed E-state index contributed by atoms with van der Waals surface area (Å²) >= 11 is 0. The largest absolute Gasteiger partial charge is 0.390 e. The summed E-state index contributed by atoms with van der Waals surface area (Å²) in [6.07, 6.45) is 8.40. The van der Waals surface area contributed by atoms with Gasteiger partial charge in [0.05, 0.1) is 49.3 Å². The van der Waals surface area contributed by atoms with Crippen molar-refractivity contribution in [1.29, 1.82) is 0 Å². The fourth-order valence-electron chi connectivity index (χ4n) is 7.96. The first kappa shape index (κ1) is 45.1. The maximum absolute atomic E-state index is 12.5. The van der Waals surface area contributed by atoms with Crippen molar-refractivity contribution in [3.05, 3.63) is 24.3 Å². The molecule has 6 rings (SSSR count). The highest BCUT2D eigenvalue weighted by atomic mass is 16.6. The first-order chi connectivity index (χ1) is 24.9. The lowest BCUT2D eigenvalue weighted by Gasteiger charge is -2.52. The standard InChI is InChI=1S/C26H41NO8.C9H16O.C4H11N.C2H6/c1-15-8-18(32-13-15)2-3-19-11-21(29)25(33-19)22-12-23(30)26(27)24(34-22)5-4-20(35-26)10-17(28)9-16-6-7-31-14-16;1-4-9-6-5-7(2)8(3)10-9;1-3-4-5-2;1-2/h16,18-25,29-30H,1-14,27H2;8-9H,2,4-6H2,1,3H3;5H,3-4H2,1-2H3;1-2H3/t16?,18?,19?,20?,21?,22-,23?,24?,25?,26-;8-,9+;;/m11../s1. The molecular formula is C41H74N2O9. The number of aliphatic hydroxyl groups is 2. The van der Waals surface area contributed by atoms with E-state index >= 15 is 0 Å². The van der Waals surface area contributed by atoms with Crippen LogP contribution in [0, 0.1) is 5.92 Å².